The number of hydrogen-bond acceptors (Lipinski definition) is 4. The van der Waals surface area contributed by atoms with Gasteiger partial charge in [-0.25, -0.2) is 0 Å². The summed E-state index contributed by atoms with van der Waals surface area (Å²) in [5, 5.41) is 0. The Morgan fingerprint density at radius 2 is 1.92 bits per heavy atom. The molecule has 1 radical (unpaired) electrons. The first-order chi connectivity index (χ1) is 5.97. The van der Waals surface area contributed by atoms with Crippen LogP contribution in [0.4, 0.5) is 0 Å². The number of hydrogen-bond donors (Lipinski definition) is 0. The second-order valence-electron chi connectivity index (χ2n) is 2.84. The maximum atomic E-state index is 5.36. The van der Waals surface area contributed by atoms with Crippen molar-refractivity contribution in [2.75, 3.05) is 26.6 Å². The Kier molecular flexibility index (Phi) is 2.94. The van der Waals surface area contributed by atoms with Crippen molar-refractivity contribution >= 4 is 0 Å². The maximum Gasteiger partial charge on any atom is 0.183 e. The molecule has 0 aliphatic carbocycles. The molecule has 1 unspecified atom stereocenters. The van der Waals surface area contributed by atoms with Crippen LogP contribution in [0.3, 0.4) is 0 Å². The minimum absolute atomic E-state index is 0.0486. The molecule has 4 nitrogen and oxygen atoms in total. The van der Waals surface area contributed by atoms with Crippen molar-refractivity contribution in [3.05, 3.63) is 6.42 Å². The molecule has 0 spiro atoms. The zero-order valence-electron chi connectivity index (χ0n) is 6.90. The lowest BCUT2D eigenvalue weighted by molar-refractivity contribution is -0.258. The van der Waals surface area contributed by atoms with Crippen molar-refractivity contribution in [1.29, 1.82) is 0 Å². The van der Waals surface area contributed by atoms with Crippen LogP contribution < -0.4 is 0 Å². The Morgan fingerprint density at radius 3 is 2.58 bits per heavy atom. The van der Waals surface area contributed by atoms with Crippen LogP contribution >= 0.6 is 0 Å². The van der Waals surface area contributed by atoms with Gasteiger partial charge in [0, 0.05) is 12.8 Å². The van der Waals surface area contributed by atoms with Gasteiger partial charge < -0.3 is 18.9 Å². The van der Waals surface area contributed by atoms with Crippen LogP contribution in [0.5, 0.6) is 0 Å². The molecule has 2 aliphatic heterocycles. The van der Waals surface area contributed by atoms with Gasteiger partial charge in [0.15, 0.2) is 6.29 Å². The van der Waals surface area contributed by atoms with Gasteiger partial charge in [-0.3, -0.25) is 0 Å². The Hall–Kier alpha value is -0.160. The molecule has 0 bridgehead atoms. The van der Waals surface area contributed by atoms with Crippen molar-refractivity contribution in [2.24, 2.45) is 0 Å². The van der Waals surface area contributed by atoms with E-state index in [1.165, 1.54) is 0 Å². The highest BCUT2D eigenvalue weighted by Gasteiger charge is 2.28. The lowest BCUT2D eigenvalue weighted by Gasteiger charge is -2.32. The highest BCUT2D eigenvalue weighted by Crippen LogP contribution is 2.17. The van der Waals surface area contributed by atoms with E-state index in [4.69, 9.17) is 18.9 Å². The first kappa shape index (κ1) is 8.44. The minimum Gasteiger partial charge on any atom is -0.355 e. The van der Waals surface area contributed by atoms with Crippen LogP contribution in [0.1, 0.15) is 6.42 Å². The number of ether oxygens (including phenoxy) is 4. The summed E-state index contributed by atoms with van der Waals surface area (Å²) in [7, 11) is 0. The molecule has 0 aromatic rings. The molecular formula is C8H13O4. The third-order valence-electron chi connectivity index (χ3n) is 1.97. The highest BCUT2D eigenvalue weighted by atomic mass is 16.7. The quantitative estimate of drug-likeness (QED) is 0.572. The summed E-state index contributed by atoms with van der Waals surface area (Å²) in [4.78, 5) is 0. The van der Waals surface area contributed by atoms with Crippen LogP contribution in [-0.4, -0.2) is 39.0 Å². The van der Waals surface area contributed by atoms with Gasteiger partial charge >= 0.3 is 0 Å². The van der Waals surface area contributed by atoms with E-state index < -0.39 is 0 Å². The molecule has 0 aromatic heterocycles. The zero-order chi connectivity index (χ0) is 8.23. The van der Waals surface area contributed by atoms with E-state index in [2.05, 4.69) is 0 Å². The molecule has 1 atom stereocenters. The Labute approximate surface area is 71.7 Å². The summed E-state index contributed by atoms with van der Waals surface area (Å²) >= 11 is 0. The summed E-state index contributed by atoms with van der Waals surface area (Å²) in [6.07, 6.45) is 2.66. The van der Waals surface area contributed by atoms with Gasteiger partial charge in [-0.2, -0.15) is 0 Å². The first-order valence-electron chi connectivity index (χ1n) is 4.21. The molecule has 0 aromatic carbocycles. The van der Waals surface area contributed by atoms with Crippen molar-refractivity contribution in [2.45, 2.75) is 18.8 Å². The molecule has 12 heavy (non-hydrogen) atoms. The lowest BCUT2D eigenvalue weighted by atomic mass is 10.2. The van der Waals surface area contributed by atoms with Gasteiger partial charge in [-0.15, -0.1) is 0 Å². The van der Waals surface area contributed by atoms with Crippen LogP contribution in [-0.2, 0) is 18.9 Å². The van der Waals surface area contributed by atoms with Gasteiger partial charge in [-0.05, 0) is 0 Å². The molecule has 2 aliphatic rings. The molecule has 69 valence electrons. The Balaban J connectivity index is 1.80. The minimum atomic E-state index is -0.195. The molecule has 2 saturated heterocycles. The normalized spacial score (nSPS) is 33.5. The van der Waals surface area contributed by atoms with E-state index in [1.807, 2.05) is 6.42 Å². The molecule has 2 fully saturated rings. The molecule has 0 amide bonds. The van der Waals surface area contributed by atoms with E-state index in [-0.39, 0.29) is 12.4 Å². The predicted octanol–water partition coefficient (Wildman–Crippen LogP) is 0.327. The summed E-state index contributed by atoms with van der Waals surface area (Å²) < 4.78 is 21.1. The van der Waals surface area contributed by atoms with Gasteiger partial charge in [0.25, 0.3) is 0 Å². The largest absolute Gasteiger partial charge is 0.355 e. The summed E-state index contributed by atoms with van der Waals surface area (Å²) in [5.74, 6) is 0. The first-order valence-corrected chi connectivity index (χ1v) is 4.21. The Bertz CT molecular complexity index is 111. The third-order valence-corrected chi connectivity index (χ3v) is 1.97. The third kappa shape index (κ3) is 1.95. The molecular weight excluding hydrogens is 160 g/mol. The zero-order valence-corrected chi connectivity index (χ0v) is 6.90. The topological polar surface area (TPSA) is 36.9 Å². The summed E-state index contributed by atoms with van der Waals surface area (Å²) in [5.41, 5.74) is 0. The van der Waals surface area contributed by atoms with Crippen LogP contribution in [0, 0.1) is 6.42 Å². The summed E-state index contributed by atoms with van der Waals surface area (Å²) in [6, 6.07) is 0. The lowest BCUT2D eigenvalue weighted by Crippen LogP contribution is -2.41. The molecule has 2 rings (SSSR count). The van der Waals surface area contributed by atoms with Crippen LogP contribution in [0.25, 0.3) is 0 Å². The van der Waals surface area contributed by atoms with Crippen molar-refractivity contribution in [1.82, 2.24) is 0 Å². The standard InChI is InChI=1S/C8H13O4/c1-3-10-8(11-4-1)7-2-5-9-6-12-7/h1,7-8H,2-6H2. The van der Waals surface area contributed by atoms with E-state index in [9.17, 15) is 0 Å². The fourth-order valence-electron chi connectivity index (χ4n) is 1.33. The van der Waals surface area contributed by atoms with E-state index in [1.54, 1.807) is 0 Å². The highest BCUT2D eigenvalue weighted by molar-refractivity contribution is 4.73. The monoisotopic (exact) mass is 173 g/mol. The van der Waals surface area contributed by atoms with E-state index >= 15 is 0 Å². The molecule has 2 heterocycles. The maximum absolute atomic E-state index is 5.36. The smallest absolute Gasteiger partial charge is 0.183 e. The van der Waals surface area contributed by atoms with Crippen molar-refractivity contribution in [3.8, 4) is 0 Å². The van der Waals surface area contributed by atoms with Crippen molar-refractivity contribution in [3.63, 3.8) is 0 Å². The Morgan fingerprint density at radius 1 is 1.08 bits per heavy atom. The second kappa shape index (κ2) is 4.18. The number of rotatable bonds is 1. The van der Waals surface area contributed by atoms with Gasteiger partial charge in [-0.1, -0.05) is 0 Å². The fraction of sp³-hybridized carbons (Fsp3) is 0.875. The summed E-state index contributed by atoms with van der Waals surface area (Å²) in [6.45, 7) is 2.41. The predicted molar refractivity (Wildman–Crippen MR) is 40.3 cm³/mol. The van der Waals surface area contributed by atoms with Crippen molar-refractivity contribution < 1.29 is 18.9 Å². The molecule has 0 N–H and O–H groups in total. The fourth-order valence-corrected chi connectivity index (χ4v) is 1.33. The van der Waals surface area contributed by atoms with E-state index in [0.29, 0.717) is 20.0 Å². The molecule has 4 heteroatoms. The van der Waals surface area contributed by atoms with Crippen LogP contribution in [0.15, 0.2) is 0 Å². The van der Waals surface area contributed by atoms with Gasteiger partial charge in [0.2, 0.25) is 0 Å². The average molecular weight is 173 g/mol. The molecule has 0 saturated carbocycles. The second-order valence-corrected chi connectivity index (χ2v) is 2.84. The van der Waals surface area contributed by atoms with Crippen LogP contribution in [0.2, 0.25) is 0 Å². The average Bonchev–Trinajstić information content (AvgIpc) is 2.21. The SMILES string of the molecule is [CH]1COC(C2CCOCO2)OC1. The van der Waals surface area contributed by atoms with E-state index in [0.717, 1.165) is 13.0 Å². The van der Waals surface area contributed by atoms with Gasteiger partial charge in [0.1, 0.15) is 12.9 Å². The van der Waals surface area contributed by atoms with Gasteiger partial charge in [0.05, 0.1) is 19.8 Å².